The number of carboxylic acids is 1. The van der Waals surface area contributed by atoms with E-state index in [9.17, 15) is 13.2 Å². The van der Waals surface area contributed by atoms with Gasteiger partial charge in [-0.1, -0.05) is 63.5 Å². The molecule has 0 aromatic rings. The maximum absolute atomic E-state index is 11.7. The van der Waals surface area contributed by atoms with Gasteiger partial charge in [0.1, 0.15) is 0 Å². The van der Waals surface area contributed by atoms with E-state index >= 15 is 0 Å². The summed E-state index contributed by atoms with van der Waals surface area (Å²) in [7, 11) is -2.74. The van der Waals surface area contributed by atoms with Gasteiger partial charge in [0.05, 0.1) is 11.0 Å². The Hall–Kier alpha value is -0.840. The Morgan fingerprint density at radius 3 is 1.85 bits per heavy atom. The van der Waals surface area contributed by atoms with Gasteiger partial charge in [0.15, 0.2) is 9.84 Å². The van der Waals surface area contributed by atoms with E-state index in [1.165, 1.54) is 51.4 Å². The zero-order valence-corrected chi connectivity index (χ0v) is 17.9. The molecule has 1 N–H and O–H groups in total. The van der Waals surface area contributed by atoms with Gasteiger partial charge in [0, 0.05) is 6.42 Å². The smallest absolute Gasteiger partial charge is 0.303 e. The number of unbranched alkanes of at least 4 members (excludes halogenated alkanes) is 11. The number of allylic oxidation sites excluding steroid dienone is 2. The molecule has 1 saturated heterocycles. The number of hydrogen-bond acceptors (Lipinski definition) is 3. The summed E-state index contributed by atoms with van der Waals surface area (Å²) in [5.74, 6) is -0.268. The summed E-state index contributed by atoms with van der Waals surface area (Å²) in [5.41, 5.74) is 0. The maximum atomic E-state index is 11.7. The Morgan fingerprint density at radius 2 is 1.33 bits per heavy atom. The summed E-state index contributed by atoms with van der Waals surface area (Å²) in [6.07, 6.45) is 22.5. The van der Waals surface area contributed by atoms with Crippen LogP contribution in [0.25, 0.3) is 0 Å². The van der Waals surface area contributed by atoms with Crippen LogP contribution in [-0.4, -0.2) is 30.5 Å². The van der Waals surface area contributed by atoms with Crippen LogP contribution in [0.4, 0.5) is 0 Å². The van der Waals surface area contributed by atoms with Crippen molar-refractivity contribution in [3.05, 3.63) is 12.2 Å². The van der Waals surface area contributed by atoms with Crippen LogP contribution in [0.5, 0.6) is 0 Å². The van der Waals surface area contributed by atoms with Gasteiger partial charge in [0.2, 0.25) is 0 Å². The van der Waals surface area contributed by atoms with Gasteiger partial charge < -0.3 is 5.11 Å². The van der Waals surface area contributed by atoms with Gasteiger partial charge in [-0.2, -0.15) is 0 Å². The van der Waals surface area contributed by atoms with E-state index in [0.717, 1.165) is 51.4 Å². The Balaban J connectivity index is 1.78. The first-order valence-electron chi connectivity index (χ1n) is 11.1. The van der Waals surface area contributed by atoms with Gasteiger partial charge in [-0.05, 0) is 51.4 Å². The van der Waals surface area contributed by atoms with Crippen molar-refractivity contribution in [1.29, 1.82) is 0 Å². The van der Waals surface area contributed by atoms with Crippen LogP contribution in [0.3, 0.4) is 0 Å². The molecule has 27 heavy (non-hydrogen) atoms. The molecule has 1 aliphatic heterocycles. The van der Waals surface area contributed by atoms with Gasteiger partial charge in [-0.15, -0.1) is 0 Å². The molecule has 1 aliphatic rings. The average molecular weight is 401 g/mol. The highest BCUT2D eigenvalue weighted by Crippen LogP contribution is 2.25. The summed E-state index contributed by atoms with van der Waals surface area (Å²) in [4.78, 5) is 10.4. The van der Waals surface area contributed by atoms with E-state index in [1.54, 1.807) is 0 Å². The largest absolute Gasteiger partial charge is 0.481 e. The highest BCUT2D eigenvalue weighted by Gasteiger charge is 2.30. The highest BCUT2D eigenvalue weighted by atomic mass is 32.2. The van der Waals surface area contributed by atoms with Gasteiger partial charge in [-0.25, -0.2) is 8.42 Å². The van der Waals surface area contributed by atoms with E-state index in [4.69, 9.17) is 5.11 Å². The minimum Gasteiger partial charge on any atom is -0.481 e. The van der Waals surface area contributed by atoms with E-state index in [2.05, 4.69) is 12.2 Å². The fraction of sp³-hybridized carbons (Fsp3) is 0.864. The third-order valence-electron chi connectivity index (χ3n) is 5.54. The Kier molecular flexibility index (Phi) is 13.6. The molecule has 0 amide bonds. The zero-order valence-electron chi connectivity index (χ0n) is 17.0. The predicted molar refractivity (Wildman–Crippen MR) is 113 cm³/mol. The standard InChI is InChI=1S/C22H40O4S/c23-22(24)19-15-13-11-9-7-5-3-1-2-4-6-8-10-12-14-17-21-18-16-20-27(21,25)26/h1,3,21H,2,4-20H2,(H,23,24)/b3-1-. The maximum Gasteiger partial charge on any atom is 0.303 e. The number of aliphatic carboxylic acids is 1. The summed E-state index contributed by atoms with van der Waals surface area (Å²) >= 11 is 0. The van der Waals surface area contributed by atoms with Crippen molar-refractivity contribution in [1.82, 2.24) is 0 Å². The number of carboxylic acid groups (broad SMARTS) is 1. The SMILES string of the molecule is O=C(O)CCCCCCC/C=C\CCCCCCCCC1CCCS1(=O)=O. The van der Waals surface area contributed by atoms with Crippen LogP contribution in [0.15, 0.2) is 12.2 Å². The van der Waals surface area contributed by atoms with Crippen molar-refractivity contribution >= 4 is 15.8 Å². The molecule has 4 nitrogen and oxygen atoms in total. The molecule has 0 aliphatic carbocycles. The molecular weight excluding hydrogens is 360 g/mol. The Labute approximate surface area is 166 Å². The van der Waals surface area contributed by atoms with Crippen LogP contribution in [0.2, 0.25) is 0 Å². The second-order valence-corrected chi connectivity index (χ2v) is 10.4. The minimum absolute atomic E-state index is 0.0348. The van der Waals surface area contributed by atoms with Crippen LogP contribution in [0, 0.1) is 0 Å². The molecule has 1 atom stereocenters. The van der Waals surface area contributed by atoms with Crippen molar-refractivity contribution in [2.24, 2.45) is 0 Å². The first-order chi connectivity index (χ1) is 13.0. The quantitative estimate of drug-likeness (QED) is 0.238. The lowest BCUT2D eigenvalue weighted by atomic mass is 10.1. The molecule has 158 valence electrons. The summed E-state index contributed by atoms with van der Waals surface area (Å²) < 4.78 is 23.5. The predicted octanol–water partition coefficient (Wildman–Crippen LogP) is 6.06. The van der Waals surface area contributed by atoms with Crippen LogP contribution in [0.1, 0.15) is 109 Å². The molecule has 5 heteroatoms. The number of sulfone groups is 1. The van der Waals surface area contributed by atoms with Crippen molar-refractivity contribution in [3.8, 4) is 0 Å². The van der Waals surface area contributed by atoms with Crippen molar-refractivity contribution < 1.29 is 18.3 Å². The minimum atomic E-state index is -2.74. The Bertz CT molecular complexity index is 510. The first-order valence-corrected chi connectivity index (χ1v) is 12.8. The number of hydrogen-bond donors (Lipinski definition) is 1. The monoisotopic (exact) mass is 400 g/mol. The van der Waals surface area contributed by atoms with E-state index in [1.807, 2.05) is 0 Å². The highest BCUT2D eigenvalue weighted by molar-refractivity contribution is 7.92. The Morgan fingerprint density at radius 1 is 0.815 bits per heavy atom. The lowest BCUT2D eigenvalue weighted by molar-refractivity contribution is -0.137. The number of rotatable bonds is 17. The molecule has 0 radical (unpaired) electrons. The summed E-state index contributed by atoms with van der Waals surface area (Å²) in [6.45, 7) is 0. The van der Waals surface area contributed by atoms with Crippen molar-refractivity contribution in [2.75, 3.05) is 5.75 Å². The molecular formula is C22H40O4S. The lowest BCUT2D eigenvalue weighted by Crippen LogP contribution is -2.15. The van der Waals surface area contributed by atoms with E-state index < -0.39 is 15.8 Å². The molecule has 1 rings (SSSR count). The third kappa shape index (κ3) is 13.0. The fourth-order valence-electron chi connectivity index (χ4n) is 3.83. The van der Waals surface area contributed by atoms with E-state index in [-0.39, 0.29) is 5.25 Å². The van der Waals surface area contributed by atoms with Gasteiger partial charge in [-0.3, -0.25) is 4.79 Å². The van der Waals surface area contributed by atoms with Crippen LogP contribution < -0.4 is 0 Å². The molecule has 0 aromatic heterocycles. The molecule has 0 spiro atoms. The van der Waals surface area contributed by atoms with Crippen molar-refractivity contribution in [3.63, 3.8) is 0 Å². The first kappa shape index (κ1) is 24.2. The second-order valence-electron chi connectivity index (χ2n) is 8.00. The second kappa shape index (κ2) is 15.1. The molecule has 1 unspecified atom stereocenters. The zero-order chi connectivity index (χ0) is 19.8. The molecule has 1 fully saturated rings. The van der Waals surface area contributed by atoms with E-state index in [0.29, 0.717) is 12.2 Å². The molecule has 0 aromatic carbocycles. The third-order valence-corrected chi connectivity index (χ3v) is 7.88. The van der Waals surface area contributed by atoms with Gasteiger partial charge >= 0.3 is 5.97 Å². The van der Waals surface area contributed by atoms with Crippen LogP contribution >= 0.6 is 0 Å². The lowest BCUT2D eigenvalue weighted by Gasteiger charge is -2.08. The van der Waals surface area contributed by atoms with Crippen LogP contribution in [-0.2, 0) is 14.6 Å². The molecule has 0 saturated carbocycles. The number of carbonyl (C=O) groups is 1. The normalized spacial score (nSPS) is 19.0. The fourth-order valence-corrected chi connectivity index (χ4v) is 5.78. The molecule has 1 heterocycles. The topological polar surface area (TPSA) is 71.4 Å². The average Bonchev–Trinajstić information content (AvgIpc) is 2.95. The van der Waals surface area contributed by atoms with Gasteiger partial charge in [0.25, 0.3) is 0 Å². The summed E-state index contributed by atoms with van der Waals surface area (Å²) in [6, 6.07) is 0. The molecule has 0 bridgehead atoms. The van der Waals surface area contributed by atoms with Crippen molar-refractivity contribution in [2.45, 2.75) is 114 Å². The summed E-state index contributed by atoms with van der Waals surface area (Å²) in [5, 5.41) is 8.52.